The second-order valence-electron chi connectivity index (χ2n) is 1.97. The average Bonchev–Trinajstić information content (AvgIpc) is 1.85. The molecule has 0 fully saturated rings. The molecule has 1 atom stereocenters. The van der Waals surface area contributed by atoms with Gasteiger partial charge < -0.3 is 5.73 Å². The van der Waals surface area contributed by atoms with E-state index in [-0.39, 0.29) is 6.04 Å². The van der Waals surface area contributed by atoms with Crippen molar-refractivity contribution in [1.82, 2.24) is 0 Å². The van der Waals surface area contributed by atoms with Crippen LogP contribution in [0, 0.1) is 12.3 Å². The van der Waals surface area contributed by atoms with Crippen LogP contribution in [0.25, 0.3) is 0 Å². The van der Waals surface area contributed by atoms with Crippen LogP contribution in [0.1, 0.15) is 19.8 Å². The molecule has 0 aromatic heterocycles. The highest BCUT2D eigenvalue weighted by atomic mass is 14.6. The fourth-order valence-corrected chi connectivity index (χ4v) is 0.546. The van der Waals surface area contributed by atoms with Crippen LogP contribution in [-0.2, 0) is 0 Å². The lowest BCUT2D eigenvalue weighted by molar-refractivity contribution is 0.705. The summed E-state index contributed by atoms with van der Waals surface area (Å²) in [5.74, 6) is 2.52. The maximum atomic E-state index is 5.58. The fourth-order valence-electron chi connectivity index (χ4n) is 0.546. The molecule has 1 unspecified atom stereocenters. The van der Waals surface area contributed by atoms with Crippen LogP contribution in [0.2, 0.25) is 0 Å². The number of hydrogen-bond donors (Lipinski definition) is 1. The van der Waals surface area contributed by atoms with E-state index < -0.39 is 0 Å². The lowest BCUT2D eigenvalue weighted by Gasteiger charge is -2.01. The van der Waals surface area contributed by atoms with Crippen LogP contribution >= 0.6 is 0 Å². The second-order valence-corrected chi connectivity index (χ2v) is 1.97. The van der Waals surface area contributed by atoms with Crippen molar-refractivity contribution in [3.8, 4) is 12.3 Å². The van der Waals surface area contributed by atoms with Gasteiger partial charge in [0.25, 0.3) is 0 Å². The van der Waals surface area contributed by atoms with Gasteiger partial charge in [-0.2, -0.15) is 0 Å². The van der Waals surface area contributed by atoms with E-state index in [0.717, 1.165) is 6.42 Å². The number of nitrogens with two attached hydrogens (primary N) is 1. The summed E-state index contributed by atoms with van der Waals surface area (Å²) in [6.45, 7) is 1.97. The molecule has 0 amide bonds. The molecule has 1 nitrogen and oxygen atoms in total. The van der Waals surface area contributed by atoms with Crippen molar-refractivity contribution in [2.75, 3.05) is 0 Å². The van der Waals surface area contributed by atoms with Crippen molar-refractivity contribution < 1.29 is 0 Å². The van der Waals surface area contributed by atoms with Gasteiger partial charge in [0.1, 0.15) is 0 Å². The number of allylic oxidation sites excluding steroid dienone is 1. The van der Waals surface area contributed by atoms with Gasteiger partial charge in [-0.1, -0.05) is 12.2 Å². The van der Waals surface area contributed by atoms with Gasteiger partial charge in [-0.15, -0.1) is 12.3 Å². The zero-order valence-electron chi connectivity index (χ0n) is 5.80. The summed E-state index contributed by atoms with van der Waals surface area (Å²) in [7, 11) is 0. The van der Waals surface area contributed by atoms with E-state index in [0.29, 0.717) is 6.42 Å². The Balaban J connectivity index is 3.29. The Hall–Kier alpha value is -0.740. The van der Waals surface area contributed by atoms with E-state index in [1.165, 1.54) is 0 Å². The van der Waals surface area contributed by atoms with E-state index in [1.807, 2.05) is 19.1 Å². The zero-order valence-corrected chi connectivity index (χ0v) is 5.80. The van der Waals surface area contributed by atoms with Crippen molar-refractivity contribution in [2.45, 2.75) is 25.8 Å². The second kappa shape index (κ2) is 5.40. The van der Waals surface area contributed by atoms with Crippen LogP contribution in [-0.4, -0.2) is 6.04 Å². The first-order chi connectivity index (χ1) is 4.31. The predicted molar refractivity (Wildman–Crippen MR) is 40.9 cm³/mol. The summed E-state index contributed by atoms with van der Waals surface area (Å²) in [6.07, 6.45) is 10.6. The zero-order chi connectivity index (χ0) is 7.11. The van der Waals surface area contributed by atoms with Crippen molar-refractivity contribution in [2.24, 2.45) is 5.73 Å². The van der Waals surface area contributed by atoms with Gasteiger partial charge in [-0.3, -0.25) is 0 Å². The first-order valence-electron chi connectivity index (χ1n) is 3.11. The Bertz CT molecular complexity index is 119. The third-order valence-corrected chi connectivity index (χ3v) is 1.05. The van der Waals surface area contributed by atoms with Gasteiger partial charge in [-0.05, 0) is 13.3 Å². The fraction of sp³-hybridized carbons (Fsp3) is 0.500. The van der Waals surface area contributed by atoms with Crippen molar-refractivity contribution >= 4 is 0 Å². The molecule has 0 aliphatic carbocycles. The molecule has 0 saturated heterocycles. The summed E-state index contributed by atoms with van der Waals surface area (Å²) in [5, 5.41) is 0. The molecular formula is C8H13N. The third kappa shape index (κ3) is 5.13. The molecule has 0 aliphatic heterocycles. The van der Waals surface area contributed by atoms with E-state index in [9.17, 15) is 0 Å². The van der Waals surface area contributed by atoms with Crippen LogP contribution in [0.5, 0.6) is 0 Å². The van der Waals surface area contributed by atoms with Crippen LogP contribution in [0.3, 0.4) is 0 Å². The molecule has 0 aromatic rings. The van der Waals surface area contributed by atoms with E-state index in [1.54, 1.807) is 0 Å². The SMILES string of the molecule is C#CCC(N)CC=CC. The lowest BCUT2D eigenvalue weighted by Crippen LogP contribution is -2.17. The highest BCUT2D eigenvalue weighted by Crippen LogP contribution is 1.93. The molecule has 0 saturated carbocycles. The van der Waals surface area contributed by atoms with E-state index in [4.69, 9.17) is 12.2 Å². The molecule has 9 heavy (non-hydrogen) atoms. The molecule has 0 bridgehead atoms. The molecule has 2 N–H and O–H groups in total. The summed E-state index contributed by atoms with van der Waals surface area (Å²) in [4.78, 5) is 0. The summed E-state index contributed by atoms with van der Waals surface area (Å²) < 4.78 is 0. The summed E-state index contributed by atoms with van der Waals surface area (Å²) in [5.41, 5.74) is 5.58. The standard InChI is InChI=1S/C8H13N/c1-3-5-7-8(9)6-4-2/h2-3,5,8H,6-7,9H2,1H3. The van der Waals surface area contributed by atoms with Crippen LogP contribution < -0.4 is 5.73 Å². The predicted octanol–water partition coefficient (Wildman–Crippen LogP) is 1.30. The quantitative estimate of drug-likeness (QED) is 0.444. The van der Waals surface area contributed by atoms with Gasteiger partial charge >= 0.3 is 0 Å². The van der Waals surface area contributed by atoms with Crippen molar-refractivity contribution in [3.63, 3.8) is 0 Å². The summed E-state index contributed by atoms with van der Waals surface area (Å²) in [6, 6.07) is 0.145. The number of hydrogen-bond acceptors (Lipinski definition) is 1. The first kappa shape index (κ1) is 8.26. The van der Waals surface area contributed by atoms with Crippen molar-refractivity contribution in [3.05, 3.63) is 12.2 Å². The van der Waals surface area contributed by atoms with E-state index >= 15 is 0 Å². The van der Waals surface area contributed by atoms with Gasteiger partial charge in [-0.25, -0.2) is 0 Å². The monoisotopic (exact) mass is 123 g/mol. The number of terminal acetylenes is 1. The number of rotatable bonds is 3. The normalized spacial score (nSPS) is 13.4. The average molecular weight is 123 g/mol. The maximum Gasteiger partial charge on any atom is 0.0241 e. The molecule has 0 spiro atoms. The Kier molecular flexibility index (Phi) is 4.95. The Morgan fingerprint density at radius 3 is 2.89 bits per heavy atom. The first-order valence-corrected chi connectivity index (χ1v) is 3.11. The lowest BCUT2D eigenvalue weighted by atomic mass is 10.1. The Morgan fingerprint density at radius 2 is 2.44 bits per heavy atom. The van der Waals surface area contributed by atoms with Crippen LogP contribution in [0.15, 0.2) is 12.2 Å². The minimum Gasteiger partial charge on any atom is -0.327 e. The largest absolute Gasteiger partial charge is 0.327 e. The molecule has 0 heterocycles. The molecular weight excluding hydrogens is 110 g/mol. The Labute approximate surface area is 56.9 Å². The van der Waals surface area contributed by atoms with E-state index in [2.05, 4.69) is 5.92 Å². The molecule has 1 heteroatoms. The highest BCUT2D eigenvalue weighted by molar-refractivity contribution is 4.92. The third-order valence-electron chi connectivity index (χ3n) is 1.05. The van der Waals surface area contributed by atoms with Crippen molar-refractivity contribution in [1.29, 1.82) is 0 Å². The Morgan fingerprint density at radius 1 is 1.78 bits per heavy atom. The smallest absolute Gasteiger partial charge is 0.0241 e. The van der Waals surface area contributed by atoms with Gasteiger partial charge in [0, 0.05) is 12.5 Å². The molecule has 0 radical (unpaired) electrons. The molecule has 0 aliphatic rings. The highest BCUT2D eigenvalue weighted by Gasteiger charge is 1.93. The maximum absolute atomic E-state index is 5.58. The topological polar surface area (TPSA) is 26.0 Å². The summed E-state index contributed by atoms with van der Waals surface area (Å²) >= 11 is 0. The van der Waals surface area contributed by atoms with Gasteiger partial charge in [0.05, 0.1) is 0 Å². The molecule has 0 aromatic carbocycles. The minimum absolute atomic E-state index is 0.145. The molecule has 0 rings (SSSR count). The van der Waals surface area contributed by atoms with Crippen LogP contribution in [0.4, 0.5) is 0 Å². The van der Waals surface area contributed by atoms with Gasteiger partial charge in [0.2, 0.25) is 0 Å². The van der Waals surface area contributed by atoms with Gasteiger partial charge in [0.15, 0.2) is 0 Å². The minimum atomic E-state index is 0.145. The molecule has 50 valence electrons.